The van der Waals surface area contributed by atoms with E-state index in [2.05, 4.69) is 15.0 Å². The maximum atomic E-state index is 12.2. The molecular formula is C13H14ClN3O2S. The summed E-state index contributed by atoms with van der Waals surface area (Å²) in [5.41, 5.74) is 1.25. The van der Waals surface area contributed by atoms with Crippen LogP contribution in [0.2, 0.25) is 5.02 Å². The first-order chi connectivity index (χ1) is 9.53. The minimum absolute atomic E-state index is 0.117. The van der Waals surface area contributed by atoms with E-state index in [9.17, 15) is 8.42 Å². The van der Waals surface area contributed by atoms with Crippen molar-refractivity contribution in [1.82, 2.24) is 10.3 Å². The molecule has 7 heteroatoms. The van der Waals surface area contributed by atoms with Crippen LogP contribution in [-0.4, -0.2) is 20.4 Å². The molecule has 0 aliphatic rings. The molecule has 2 aromatic rings. The molecule has 2 N–H and O–H groups in total. The van der Waals surface area contributed by atoms with E-state index in [0.29, 0.717) is 17.3 Å². The molecule has 0 bridgehead atoms. The number of benzene rings is 1. The summed E-state index contributed by atoms with van der Waals surface area (Å²) in [7, 11) is -1.87. The second kappa shape index (κ2) is 6.21. The first-order valence-corrected chi connectivity index (χ1v) is 7.75. The van der Waals surface area contributed by atoms with Gasteiger partial charge in [0.25, 0.3) is 10.0 Å². The Morgan fingerprint density at radius 3 is 2.70 bits per heavy atom. The predicted molar refractivity (Wildman–Crippen MR) is 79.3 cm³/mol. The third kappa shape index (κ3) is 3.47. The zero-order chi connectivity index (χ0) is 14.6. The van der Waals surface area contributed by atoms with Crippen molar-refractivity contribution in [2.45, 2.75) is 11.4 Å². The van der Waals surface area contributed by atoms with Crippen LogP contribution in [0.25, 0.3) is 0 Å². The number of pyridine rings is 1. The number of nitrogens with zero attached hydrogens (tertiary/aromatic N) is 1. The van der Waals surface area contributed by atoms with Gasteiger partial charge in [-0.2, -0.15) is 0 Å². The smallest absolute Gasteiger partial charge is 0.261 e. The molecule has 1 heterocycles. The molecule has 106 valence electrons. The number of sulfonamides is 1. The minimum Gasteiger partial charge on any atom is -0.316 e. The molecule has 0 radical (unpaired) electrons. The summed E-state index contributed by atoms with van der Waals surface area (Å²) >= 11 is 6.07. The minimum atomic E-state index is -3.66. The number of nitrogens with one attached hydrogen (secondary N) is 2. The van der Waals surface area contributed by atoms with Gasteiger partial charge in [-0.05, 0) is 36.9 Å². The summed E-state index contributed by atoms with van der Waals surface area (Å²) in [5, 5.41) is 3.38. The summed E-state index contributed by atoms with van der Waals surface area (Å²) in [6.07, 6.45) is 3.01. The maximum Gasteiger partial charge on any atom is 0.261 e. The van der Waals surface area contributed by atoms with Crippen molar-refractivity contribution >= 4 is 27.3 Å². The largest absolute Gasteiger partial charge is 0.316 e. The normalized spacial score (nSPS) is 11.3. The monoisotopic (exact) mass is 311 g/mol. The lowest BCUT2D eigenvalue weighted by Gasteiger charge is -2.09. The highest BCUT2D eigenvalue weighted by Gasteiger charge is 2.15. The summed E-state index contributed by atoms with van der Waals surface area (Å²) in [4.78, 5) is 3.97. The molecule has 0 aliphatic carbocycles. The molecule has 0 atom stereocenters. The third-order valence-electron chi connectivity index (χ3n) is 2.62. The highest BCUT2D eigenvalue weighted by molar-refractivity contribution is 7.92. The SMILES string of the molecule is CNCc1ccc(S(=O)(=O)Nc2cccnc2)cc1Cl. The standard InChI is InChI=1S/C13H14ClN3O2S/c1-15-8-10-4-5-12(7-13(10)14)20(18,19)17-11-3-2-6-16-9-11/h2-7,9,15,17H,8H2,1H3. The van der Waals surface area contributed by atoms with Gasteiger partial charge in [0, 0.05) is 17.8 Å². The van der Waals surface area contributed by atoms with E-state index in [4.69, 9.17) is 11.6 Å². The van der Waals surface area contributed by atoms with Gasteiger partial charge in [0.15, 0.2) is 0 Å². The van der Waals surface area contributed by atoms with Crippen LogP contribution in [0.5, 0.6) is 0 Å². The number of halogens is 1. The molecule has 0 saturated heterocycles. The maximum absolute atomic E-state index is 12.2. The number of hydrogen-bond donors (Lipinski definition) is 2. The summed E-state index contributed by atoms with van der Waals surface area (Å²) in [6, 6.07) is 7.93. The fourth-order valence-corrected chi connectivity index (χ4v) is 3.05. The molecular weight excluding hydrogens is 298 g/mol. The van der Waals surface area contributed by atoms with Crippen LogP contribution in [0, 0.1) is 0 Å². The topological polar surface area (TPSA) is 71.1 Å². The first kappa shape index (κ1) is 14.8. The van der Waals surface area contributed by atoms with Crippen LogP contribution in [0.3, 0.4) is 0 Å². The lowest BCUT2D eigenvalue weighted by Crippen LogP contribution is -2.13. The molecule has 1 aromatic heterocycles. The molecule has 0 aliphatic heterocycles. The Bertz CT molecular complexity index is 690. The number of aromatic nitrogens is 1. The Balaban J connectivity index is 2.28. The average Bonchev–Trinajstić information content (AvgIpc) is 2.42. The van der Waals surface area contributed by atoms with Crippen LogP contribution in [-0.2, 0) is 16.6 Å². The molecule has 0 spiro atoms. The Labute approximate surface area is 123 Å². The van der Waals surface area contributed by atoms with Crippen LogP contribution in [0.1, 0.15) is 5.56 Å². The highest BCUT2D eigenvalue weighted by Crippen LogP contribution is 2.22. The summed E-state index contributed by atoms with van der Waals surface area (Å²) in [5.74, 6) is 0. The quantitative estimate of drug-likeness (QED) is 0.888. The van der Waals surface area contributed by atoms with E-state index in [1.807, 2.05) is 0 Å². The van der Waals surface area contributed by atoms with E-state index in [1.54, 1.807) is 31.4 Å². The van der Waals surface area contributed by atoms with Crippen molar-refractivity contribution in [2.75, 3.05) is 11.8 Å². The Morgan fingerprint density at radius 2 is 2.10 bits per heavy atom. The van der Waals surface area contributed by atoms with Crippen molar-refractivity contribution in [3.63, 3.8) is 0 Å². The zero-order valence-corrected chi connectivity index (χ0v) is 12.4. The molecule has 2 rings (SSSR count). The van der Waals surface area contributed by atoms with Crippen LogP contribution in [0.4, 0.5) is 5.69 Å². The molecule has 0 unspecified atom stereocenters. The second-order valence-electron chi connectivity index (χ2n) is 4.13. The molecule has 0 fully saturated rings. The van der Waals surface area contributed by atoms with Crippen molar-refractivity contribution in [2.24, 2.45) is 0 Å². The molecule has 1 aromatic carbocycles. The van der Waals surface area contributed by atoms with Gasteiger partial charge in [-0.1, -0.05) is 17.7 Å². The van der Waals surface area contributed by atoms with Crippen molar-refractivity contribution in [1.29, 1.82) is 0 Å². The lowest BCUT2D eigenvalue weighted by molar-refractivity contribution is 0.601. The van der Waals surface area contributed by atoms with Gasteiger partial charge in [-0.3, -0.25) is 9.71 Å². The van der Waals surface area contributed by atoms with Crippen molar-refractivity contribution in [3.8, 4) is 0 Å². The van der Waals surface area contributed by atoms with Gasteiger partial charge in [0.1, 0.15) is 0 Å². The zero-order valence-electron chi connectivity index (χ0n) is 10.8. The Kier molecular flexibility index (Phi) is 4.59. The van der Waals surface area contributed by atoms with Crippen LogP contribution in [0.15, 0.2) is 47.6 Å². The highest BCUT2D eigenvalue weighted by atomic mass is 35.5. The summed E-state index contributed by atoms with van der Waals surface area (Å²) in [6.45, 7) is 0.579. The number of rotatable bonds is 5. The second-order valence-corrected chi connectivity index (χ2v) is 6.22. The van der Waals surface area contributed by atoms with Gasteiger partial charge in [0.2, 0.25) is 0 Å². The Morgan fingerprint density at radius 1 is 1.30 bits per heavy atom. The van der Waals surface area contributed by atoms with Crippen LogP contribution < -0.4 is 10.0 Å². The van der Waals surface area contributed by atoms with E-state index in [1.165, 1.54) is 18.3 Å². The predicted octanol–water partition coefficient (Wildman–Crippen LogP) is 2.26. The Hall–Kier alpha value is -1.63. The fourth-order valence-electron chi connectivity index (χ4n) is 1.67. The molecule has 0 saturated carbocycles. The van der Waals surface area contributed by atoms with Gasteiger partial charge in [0.05, 0.1) is 16.8 Å². The molecule has 20 heavy (non-hydrogen) atoms. The van der Waals surface area contributed by atoms with Crippen LogP contribution >= 0.6 is 11.6 Å². The van der Waals surface area contributed by atoms with Crippen molar-refractivity contribution < 1.29 is 8.42 Å². The van der Waals surface area contributed by atoms with E-state index in [-0.39, 0.29) is 4.90 Å². The van der Waals surface area contributed by atoms with E-state index >= 15 is 0 Å². The van der Waals surface area contributed by atoms with Crippen molar-refractivity contribution in [3.05, 3.63) is 53.3 Å². The summed E-state index contributed by atoms with van der Waals surface area (Å²) < 4.78 is 26.9. The molecule has 5 nitrogen and oxygen atoms in total. The third-order valence-corrected chi connectivity index (χ3v) is 4.35. The van der Waals surface area contributed by atoms with Gasteiger partial charge in [-0.15, -0.1) is 0 Å². The molecule has 0 amide bonds. The van der Waals surface area contributed by atoms with Gasteiger partial charge >= 0.3 is 0 Å². The number of hydrogen-bond acceptors (Lipinski definition) is 4. The van der Waals surface area contributed by atoms with Gasteiger partial charge in [-0.25, -0.2) is 8.42 Å². The number of anilines is 1. The fraction of sp³-hybridized carbons (Fsp3) is 0.154. The van der Waals surface area contributed by atoms with Gasteiger partial charge < -0.3 is 5.32 Å². The van der Waals surface area contributed by atoms with E-state index in [0.717, 1.165) is 5.56 Å². The average molecular weight is 312 g/mol. The first-order valence-electron chi connectivity index (χ1n) is 5.89. The van der Waals surface area contributed by atoms with E-state index < -0.39 is 10.0 Å². The lowest BCUT2D eigenvalue weighted by atomic mass is 10.2.